The van der Waals surface area contributed by atoms with Crippen molar-refractivity contribution in [1.29, 1.82) is 0 Å². The van der Waals surface area contributed by atoms with E-state index in [2.05, 4.69) is 24.2 Å². The summed E-state index contributed by atoms with van der Waals surface area (Å²) in [7, 11) is 0. The summed E-state index contributed by atoms with van der Waals surface area (Å²) in [5.41, 5.74) is 1.45. The number of aromatic nitrogens is 1. The predicted octanol–water partition coefficient (Wildman–Crippen LogP) is 3.92. The first kappa shape index (κ1) is 10.4. The lowest BCUT2D eigenvalue weighted by atomic mass is 10.1. The standard InChI is InChI=1S/C12H21N/c1-2-3-4-5-6-7-8-12-9-10-13-11-12/h9-11,13H,2-8H2,1H3. The minimum Gasteiger partial charge on any atom is -0.367 e. The Balaban J connectivity index is 1.90. The Morgan fingerprint density at radius 3 is 2.54 bits per heavy atom. The summed E-state index contributed by atoms with van der Waals surface area (Å²) in [6.45, 7) is 2.26. The topological polar surface area (TPSA) is 15.8 Å². The summed E-state index contributed by atoms with van der Waals surface area (Å²) < 4.78 is 0. The largest absolute Gasteiger partial charge is 0.367 e. The van der Waals surface area contributed by atoms with E-state index in [4.69, 9.17) is 0 Å². The highest BCUT2D eigenvalue weighted by molar-refractivity contribution is 5.07. The molecule has 0 saturated carbocycles. The number of nitrogens with one attached hydrogen (secondary N) is 1. The molecule has 1 rings (SSSR count). The van der Waals surface area contributed by atoms with E-state index in [-0.39, 0.29) is 0 Å². The van der Waals surface area contributed by atoms with Gasteiger partial charge in [-0.15, -0.1) is 0 Å². The zero-order valence-electron chi connectivity index (χ0n) is 8.68. The highest BCUT2D eigenvalue weighted by atomic mass is 14.6. The van der Waals surface area contributed by atoms with Gasteiger partial charge in [-0.2, -0.15) is 0 Å². The first-order chi connectivity index (χ1) is 6.43. The summed E-state index contributed by atoms with van der Waals surface area (Å²) in [6.07, 6.45) is 13.7. The van der Waals surface area contributed by atoms with Gasteiger partial charge in [0, 0.05) is 12.4 Å². The minimum absolute atomic E-state index is 1.25. The van der Waals surface area contributed by atoms with E-state index < -0.39 is 0 Å². The van der Waals surface area contributed by atoms with Gasteiger partial charge in [-0.3, -0.25) is 0 Å². The van der Waals surface area contributed by atoms with E-state index >= 15 is 0 Å². The van der Waals surface area contributed by atoms with Gasteiger partial charge in [0.15, 0.2) is 0 Å². The summed E-state index contributed by atoms with van der Waals surface area (Å²) in [5.74, 6) is 0. The Morgan fingerprint density at radius 1 is 1.08 bits per heavy atom. The second-order valence-electron chi connectivity index (χ2n) is 3.74. The third-order valence-electron chi connectivity index (χ3n) is 2.48. The summed E-state index contributed by atoms with van der Waals surface area (Å²) in [4.78, 5) is 3.09. The number of aryl methyl sites for hydroxylation is 1. The smallest absolute Gasteiger partial charge is 0.00373 e. The lowest BCUT2D eigenvalue weighted by Gasteiger charge is -1.98. The third kappa shape index (κ3) is 4.76. The second kappa shape index (κ2) is 6.76. The molecule has 1 N–H and O–H groups in total. The lowest BCUT2D eigenvalue weighted by Crippen LogP contribution is -1.83. The number of hydrogen-bond acceptors (Lipinski definition) is 0. The van der Waals surface area contributed by atoms with Crippen LogP contribution in [0, 0.1) is 0 Å². The van der Waals surface area contributed by atoms with Crippen molar-refractivity contribution in [2.75, 3.05) is 0 Å². The van der Waals surface area contributed by atoms with Gasteiger partial charge in [-0.1, -0.05) is 39.0 Å². The monoisotopic (exact) mass is 179 g/mol. The average molecular weight is 179 g/mol. The van der Waals surface area contributed by atoms with Crippen LogP contribution in [-0.2, 0) is 6.42 Å². The van der Waals surface area contributed by atoms with Crippen molar-refractivity contribution >= 4 is 0 Å². The molecule has 0 aliphatic rings. The Kier molecular flexibility index (Phi) is 5.39. The first-order valence-corrected chi connectivity index (χ1v) is 5.55. The number of rotatable bonds is 7. The molecule has 0 radical (unpaired) electrons. The van der Waals surface area contributed by atoms with Gasteiger partial charge in [0.05, 0.1) is 0 Å². The molecule has 74 valence electrons. The van der Waals surface area contributed by atoms with Crippen molar-refractivity contribution < 1.29 is 0 Å². The van der Waals surface area contributed by atoms with Crippen molar-refractivity contribution in [2.24, 2.45) is 0 Å². The maximum absolute atomic E-state index is 3.09. The van der Waals surface area contributed by atoms with Gasteiger partial charge in [0.25, 0.3) is 0 Å². The van der Waals surface area contributed by atoms with Crippen LogP contribution in [0.2, 0.25) is 0 Å². The molecule has 1 heterocycles. The average Bonchev–Trinajstić information content (AvgIpc) is 2.63. The molecule has 1 aromatic rings. The van der Waals surface area contributed by atoms with E-state index in [1.165, 1.54) is 50.5 Å². The summed E-state index contributed by atoms with van der Waals surface area (Å²) in [5, 5.41) is 0. The van der Waals surface area contributed by atoms with E-state index in [0.717, 1.165) is 0 Å². The number of H-pyrrole nitrogens is 1. The van der Waals surface area contributed by atoms with Crippen molar-refractivity contribution in [3.8, 4) is 0 Å². The van der Waals surface area contributed by atoms with Gasteiger partial charge in [-0.05, 0) is 24.5 Å². The fourth-order valence-corrected chi connectivity index (χ4v) is 1.62. The van der Waals surface area contributed by atoms with E-state index in [1.807, 2.05) is 6.20 Å². The molecule has 0 aliphatic heterocycles. The molecule has 0 aromatic carbocycles. The molecule has 0 bridgehead atoms. The minimum atomic E-state index is 1.25. The van der Waals surface area contributed by atoms with E-state index in [0.29, 0.717) is 0 Å². The molecule has 0 fully saturated rings. The van der Waals surface area contributed by atoms with Gasteiger partial charge in [-0.25, -0.2) is 0 Å². The molecule has 1 aromatic heterocycles. The van der Waals surface area contributed by atoms with Crippen LogP contribution in [-0.4, -0.2) is 4.98 Å². The van der Waals surface area contributed by atoms with Crippen LogP contribution in [0.1, 0.15) is 51.0 Å². The predicted molar refractivity (Wildman–Crippen MR) is 57.9 cm³/mol. The lowest BCUT2D eigenvalue weighted by molar-refractivity contribution is 0.607. The summed E-state index contributed by atoms with van der Waals surface area (Å²) in [6, 6.07) is 2.17. The zero-order valence-corrected chi connectivity index (χ0v) is 8.68. The van der Waals surface area contributed by atoms with Crippen LogP contribution < -0.4 is 0 Å². The Morgan fingerprint density at radius 2 is 1.85 bits per heavy atom. The Labute approximate surface area is 81.6 Å². The molecular weight excluding hydrogens is 158 g/mol. The highest BCUT2D eigenvalue weighted by Gasteiger charge is 1.93. The first-order valence-electron chi connectivity index (χ1n) is 5.55. The van der Waals surface area contributed by atoms with Crippen molar-refractivity contribution in [3.05, 3.63) is 24.0 Å². The van der Waals surface area contributed by atoms with Gasteiger partial charge in [0.2, 0.25) is 0 Å². The van der Waals surface area contributed by atoms with Gasteiger partial charge in [0.1, 0.15) is 0 Å². The molecule has 0 atom stereocenters. The van der Waals surface area contributed by atoms with Crippen molar-refractivity contribution in [3.63, 3.8) is 0 Å². The number of aromatic amines is 1. The van der Waals surface area contributed by atoms with Crippen molar-refractivity contribution in [2.45, 2.75) is 51.9 Å². The molecule has 0 spiro atoms. The van der Waals surface area contributed by atoms with Crippen molar-refractivity contribution in [1.82, 2.24) is 4.98 Å². The Bertz CT molecular complexity index is 189. The molecular formula is C12H21N. The van der Waals surface area contributed by atoms with Crippen LogP contribution >= 0.6 is 0 Å². The van der Waals surface area contributed by atoms with E-state index in [9.17, 15) is 0 Å². The quantitative estimate of drug-likeness (QED) is 0.611. The maximum atomic E-state index is 3.09. The van der Waals surface area contributed by atoms with Crippen LogP contribution in [0.15, 0.2) is 18.5 Å². The highest BCUT2D eigenvalue weighted by Crippen LogP contribution is 2.08. The van der Waals surface area contributed by atoms with Crippen LogP contribution in [0.5, 0.6) is 0 Å². The molecule has 0 aliphatic carbocycles. The molecule has 13 heavy (non-hydrogen) atoms. The molecule has 1 nitrogen and oxygen atoms in total. The van der Waals surface area contributed by atoms with Gasteiger partial charge >= 0.3 is 0 Å². The number of hydrogen-bond donors (Lipinski definition) is 1. The molecule has 0 saturated heterocycles. The molecule has 0 unspecified atom stereocenters. The zero-order chi connectivity index (χ0) is 9.36. The second-order valence-corrected chi connectivity index (χ2v) is 3.74. The van der Waals surface area contributed by atoms with E-state index in [1.54, 1.807) is 0 Å². The number of unbranched alkanes of at least 4 members (excludes halogenated alkanes) is 5. The molecule has 0 amide bonds. The molecule has 1 heteroatoms. The van der Waals surface area contributed by atoms with Crippen LogP contribution in [0.3, 0.4) is 0 Å². The maximum Gasteiger partial charge on any atom is 0.00373 e. The fourth-order valence-electron chi connectivity index (χ4n) is 1.62. The Hall–Kier alpha value is -0.720. The summed E-state index contributed by atoms with van der Waals surface area (Å²) >= 11 is 0. The van der Waals surface area contributed by atoms with Gasteiger partial charge < -0.3 is 4.98 Å². The SMILES string of the molecule is CCCCCCCCc1cc[nH]c1. The third-order valence-corrected chi connectivity index (χ3v) is 2.48. The van der Waals surface area contributed by atoms with Crippen LogP contribution in [0.25, 0.3) is 0 Å². The normalized spacial score (nSPS) is 10.5. The van der Waals surface area contributed by atoms with Crippen LogP contribution in [0.4, 0.5) is 0 Å². The fraction of sp³-hybridized carbons (Fsp3) is 0.667.